The summed E-state index contributed by atoms with van der Waals surface area (Å²) >= 11 is 0. The molecule has 1 aromatic heterocycles. The molecule has 0 aromatic carbocycles. The van der Waals surface area contributed by atoms with Crippen LogP contribution in [0.2, 0.25) is 0 Å². The van der Waals surface area contributed by atoms with Gasteiger partial charge in [0.15, 0.2) is 11.5 Å². The number of hydrogen-bond donors (Lipinski definition) is 4. The van der Waals surface area contributed by atoms with Gasteiger partial charge in [0.05, 0.1) is 0 Å². The van der Waals surface area contributed by atoms with Crippen LogP contribution in [-0.4, -0.2) is 20.3 Å². The smallest absolute Gasteiger partial charge is 0.293 e. The van der Waals surface area contributed by atoms with E-state index in [1.807, 2.05) is 4.98 Å². The fourth-order valence-electron chi connectivity index (χ4n) is 0.686. The van der Waals surface area contributed by atoms with Gasteiger partial charge in [-0.1, -0.05) is 0 Å². The average molecular weight is 157 g/mol. The molecule has 5 nitrogen and oxygen atoms in total. The largest absolute Gasteiger partial charge is 0.503 e. The molecule has 0 aliphatic rings. The van der Waals surface area contributed by atoms with Gasteiger partial charge in [-0.05, 0) is 6.92 Å². The summed E-state index contributed by atoms with van der Waals surface area (Å²) in [5.41, 5.74) is -0.857. The van der Waals surface area contributed by atoms with Gasteiger partial charge >= 0.3 is 0 Å². The van der Waals surface area contributed by atoms with Crippen molar-refractivity contribution in [1.29, 1.82) is 0 Å². The van der Waals surface area contributed by atoms with Crippen LogP contribution in [0.4, 0.5) is 0 Å². The van der Waals surface area contributed by atoms with E-state index in [0.29, 0.717) is 0 Å². The lowest BCUT2D eigenvalue weighted by atomic mass is 10.2. The molecule has 1 aromatic rings. The number of nitrogens with one attached hydrogen (secondary N) is 1. The Kier molecular flexibility index (Phi) is 1.48. The summed E-state index contributed by atoms with van der Waals surface area (Å²) in [5.74, 6) is -1.73. The summed E-state index contributed by atoms with van der Waals surface area (Å²) in [7, 11) is 0. The summed E-state index contributed by atoms with van der Waals surface area (Å²) in [4.78, 5) is 12.5. The molecule has 0 bridgehead atoms. The molecular formula is C6H7NO4. The van der Waals surface area contributed by atoms with E-state index in [4.69, 9.17) is 15.3 Å². The normalized spacial score (nSPS) is 9.91. The molecule has 0 spiro atoms. The second kappa shape index (κ2) is 2.19. The summed E-state index contributed by atoms with van der Waals surface area (Å²) < 4.78 is 0. The minimum absolute atomic E-state index is 0.0359. The molecule has 0 radical (unpaired) electrons. The van der Waals surface area contributed by atoms with Crippen LogP contribution in [0.5, 0.6) is 17.4 Å². The molecule has 0 saturated heterocycles. The predicted octanol–water partition coefficient (Wildman–Crippen LogP) is -0.200. The quantitative estimate of drug-likeness (QED) is 0.419. The molecule has 11 heavy (non-hydrogen) atoms. The van der Waals surface area contributed by atoms with E-state index in [1.54, 1.807) is 0 Å². The third-order valence-corrected chi connectivity index (χ3v) is 1.38. The van der Waals surface area contributed by atoms with E-state index in [1.165, 1.54) is 6.92 Å². The Morgan fingerprint density at radius 2 is 1.73 bits per heavy atom. The molecule has 0 fully saturated rings. The molecule has 1 heterocycles. The van der Waals surface area contributed by atoms with E-state index in [9.17, 15) is 4.79 Å². The Hall–Kier alpha value is -1.65. The summed E-state index contributed by atoms with van der Waals surface area (Å²) in [6.07, 6.45) is 0. The van der Waals surface area contributed by atoms with Crippen molar-refractivity contribution in [2.75, 3.05) is 0 Å². The highest BCUT2D eigenvalue weighted by Crippen LogP contribution is 2.28. The first-order chi connectivity index (χ1) is 5.04. The van der Waals surface area contributed by atoms with Crippen molar-refractivity contribution >= 4 is 0 Å². The molecule has 5 heteroatoms. The standard InChI is InChI=1S/C6H7NO4/c1-2-3(8)5(10)7-6(11)4(2)9/h8-9H,1H3,(H2,7,10,11). The van der Waals surface area contributed by atoms with Gasteiger partial charge in [0, 0.05) is 5.56 Å². The number of hydrogen-bond acceptors (Lipinski definition) is 4. The lowest BCUT2D eigenvalue weighted by Gasteiger charge is -2.01. The first-order valence-electron chi connectivity index (χ1n) is 2.87. The van der Waals surface area contributed by atoms with Gasteiger partial charge < -0.3 is 15.3 Å². The second-order valence-corrected chi connectivity index (χ2v) is 2.12. The highest BCUT2D eigenvalue weighted by atomic mass is 16.3. The predicted molar refractivity (Wildman–Crippen MR) is 36.8 cm³/mol. The Balaban J connectivity index is 3.59. The lowest BCUT2D eigenvalue weighted by molar-refractivity contribution is 0.373. The zero-order chi connectivity index (χ0) is 8.59. The van der Waals surface area contributed by atoms with Crippen molar-refractivity contribution < 1.29 is 15.3 Å². The fraction of sp³-hybridized carbons (Fsp3) is 0.167. The number of pyridine rings is 1. The van der Waals surface area contributed by atoms with Crippen LogP contribution in [-0.2, 0) is 0 Å². The van der Waals surface area contributed by atoms with E-state index in [-0.39, 0.29) is 5.56 Å². The van der Waals surface area contributed by atoms with E-state index < -0.39 is 22.9 Å². The Morgan fingerprint density at radius 1 is 1.18 bits per heavy atom. The Bertz CT molecular complexity index is 341. The van der Waals surface area contributed by atoms with Gasteiger partial charge in [-0.15, -0.1) is 0 Å². The summed E-state index contributed by atoms with van der Waals surface area (Å²) in [5, 5.41) is 26.6. The number of aromatic nitrogens is 1. The first kappa shape index (κ1) is 7.46. The topological polar surface area (TPSA) is 93.5 Å². The van der Waals surface area contributed by atoms with Crippen LogP contribution in [0.3, 0.4) is 0 Å². The molecule has 0 aliphatic heterocycles. The third-order valence-electron chi connectivity index (χ3n) is 1.38. The average Bonchev–Trinajstić information content (AvgIpc) is 1.97. The second-order valence-electron chi connectivity index (χ2n) is 2.12. The van der Waals surface area contributed by atoms with Gasteiger partial charge in [-0.3, -0.25) is 9.78 Å². The minimum atomic E-state index is -0.821. The SMILES string of the molecule is Cc1c(O)c(O)[nH]c(=O)c1O. The van der Waals surface area contributed by atoms with Crippen molar-refractivity contribution in [3.05, 3.63) is 15.9 Å². The van der Waals surface area contributed by atoms with Gasteiger partial charge in [-0.2, -0.15) is 0 Å². The van der Waals surface area contributed by atoms with Crippen LogP contribution in [0, 0.1) is 6.92 Å². The minimum Gasteiger partial charge on any atom is -0.503 e. The lowest BCUT2D eigenvalue weighted by Crippen LogP contribution is -2.05. The molecule has 0 saturated carbocycles. The monoisotopic (exact) mass is 157 g/mol. The van der Waals surface area contributed by atoms with Crippen molar-refractivity contribution in [3.63, 3.8) is 0 Å². The van der Waals surface area contributed by atoms with Crippen LogP contribution < -0.4 is 5.56 Å². The molecule has 4 N–H and O–H groups in total. The molecule has 0 atom stereocenters. The van der Waals surface area contributed by atoms with Crippen molar-refractivity contribution in [1.82, 2.24) is 4.98 Å². The first-order valence-corrected chi connectivity index (χ1v) is 2.87. The van der Waals surface area contributed by atoms with Crippen molar-refractivity contribution in [3.8, 4) is 17.4 Å². The van der Waals surface area contributed by atoms with E-state index in [2.05, 4.69) is 0 Å². The molecule has 0 amide bonds. The highest BCUT2D eigenvalue weighted by Gasteiger charge is 2.10. The number of rotatable bonds is 0. The Morgan fingerprint density at radius 3 is 2.27 bits per heavy atom. The van der Waals surface area contributed by atoms with Crippen molar-refractivity contribution in [2.45, 2.75) is 6.92 Å². The van der Waals surface area contributed by atoms with Gasteiger partial charge in [0.1, 0.15) is 0 Å². The molecule has 1 rings (SSSR count). The number of aromatic amines is 1. The maximum atomic E-state index is 10.6. The van der Waals surface area contributed by atoms with Gasteiger partial charge in [0.25, 0.3) is 5.56 Å². The zero-order valence-electron chi connectivity index (χ0n) is 5.75. The maximum Gasteiger partial charge on any atom is 0.293 e. The van der Waals surface area contributed by atoms with Crippen LogP contribution in [0.15, 0.2) is 4.79 Å². The summed E-state index contributed by atoms with van der Waals surface area (Å²) in [6, 6.07) is 0. The third kappa shape index (κ3) is 1.000. The Labute approximate surface area is 61.6 Å². The maximum absolute atomic E-state index is 10.6. The van der Waals surface area contributed by atoms with Gasteiger partial charge in [-0.25, -0.2) is 0 Å². The number of aromatic hydroxyl groups is 3. The fourth-order valence-corrected chi connectivity index (χ4v) is 0.686. The highest BCUT2D eigenvalue weighted by molar-refractivity contribution is 5.45. The number of H-pyrrole nitrogens is 1. The zero-order valence-corrected chi connectivity index (χ0v) is 5.75. The molecular weight excluding hydrogens is 150 g/mol. The molecule has 0 unspecified atom stereocenters. The van der Waals surface area contributed by atoms with Crippen LogP contribution in [0.1, 0.15) is 5.56 Å². The van der Waals surface area contributed by atoms with Crippen molar-refractivity contribution in [2.24, 2.45) is 0 Å². The van der Waals surface area contributed by atoms with E-state index >= 15 is 0 Å². The van der Waals surface area contributed by atoms with Crippen LogP contribution in [0.25, 0.3) is 0 Å². The molecule has 60 valence electrons. The van der Waals surface area contributed by atoms with E-state index in [0.717, 1.165) is 0 Å². The summed E-state index contributed by atoms with van der Waals surface area (Å²) in [6.45, 7) is 1.32. The van der Waals surface area contributed by atoms with Crippen LogP contribution >= 0.6 is 0 Å². The van der Waals surface area contributed by atoms with Gasteiger partial charge in [0.2, 0.25) is 5.88 Å². The molecule has 0 aliphatic carbocycles.